The van der Waals surface area contributed by atoms with E-state index in [-0.39, 0.29) is 10.4 Å². The van der Waals surface area contributed by atoms with E-state index in [0.29, 0.717) is 0 Å². The highest BCUT2D eigenvalue weighted by atomic mass is 28.3. The standard InChI is InChI=1S/C19H32O2Si2/c1-23(2)19(13-7-9-15-21-19)16-18(12-6-8-14-20-18)22-17-10-4-3-5-11-17/h3-5,10-11,23H,6-9,12-16,22H2,1-2H3. The fourth-order valence-electron chi connectivity index (χ4n) is 4.44. The van der Waals surface area contributed by atoms with E-state index in [1.807, 2.05) is 0 Å². The quantitative estimate of drug-likeness (QED) is 0.762. The largest absolute Gasteiger partial charge is 0.379 e. The third-order valence-electron chi connectivity index (χ3n) is 5.86. The molecule has 0 radical (unpaired) electrons. The lowest BCUT2D eigenvalue weighted by Crippen LogP contribution is -2.58. The maximum atomic E-state index is 6.55. The molecular weight excluding hydrogens is 316 g/mol. The summed E-state index contributed by atoms with van der Waals surface area (Å²) in [7, 11) is -1.35. The molecule has 0 aliphatic carbocycles. The van der Waals surface area contributed by atoms with Crippen LogP contribution in [0.15, 0.2) is 30.3 Å². The highest BCUT2D eigenvalue weighted by Gasteiger charge is 2.46. The topological polar surface area (TPSA) is 18.5 Å². The second-order valence-corrected chi connectivity index (χ2v) is 13.7. The van der Waals surface area contributed by atoms with Gasteiger partial charge >= 0.3 is 0 Å². The van der Waals surface area contributed by atoms with E-state index in [4.69, 9.17) is 9.47 Å². The van der Waals surface area contributed by atoms with Gasteiger partial charge in [-0.1, -0.05) is 48.6 Å². The summed E-state index contributed by atoms with van der Waals surface area (Å²) in [5, 5.41) is 1.86. The molecule has 0 N–H and O–H groups in total. The second-order valence-electron chi connectivity index (χ2n) is 7.85. The van der Waals surface area contributed by atoms with Gasteiger partial charge in [0.15, 0.2) is 0 Å². The van der Waals surface area contributed by atoms with Crippen molar-refractivity contribution in [1.82, 2.24) is 0 Å². The van der Waals surface area contributed by atoms with Crippen molar-refractivity contribution in [3.63, 3.8) is 0 Å². The van der Waals surface area contributed by atoms with Crippen LogP contribution < -0.4 is 5.19 Å². The van der Waals surface area contributed by atoms with E-state index >= 15 is 0 Å². The van der Waals surface area contributed by atoms with E-state index in [9.17, 15) is 0 Å². The summed E-state index contributed by atoms with van der Waals surface area (Å²) in [5.41, 5.74) is 0. The molecule has 2 heterocycles. The number of hydrogen-bond donors (Lipinski definition) is 0. The Morgan fingerprint density at radius 2 is 1.65 bits per heavy atom. The third-order valence-corrected chi connectivity index (χ3v) is 11.0. The van der Waals surface area contributed by atoms with Crippen molar-refractivity contribution in [3.05, 3.63) is 30.3 Å². The summed E-state index contributed by atoms with van der Waals surface area (Å²) in [5.74, 6) is 0. The van der Waals surface area contributed by atoms with Gasteiger partial charge in [-0.3, -0.25) is 0 Å². The average molecular weight is 349 g/mol. The predicted molar refractivity (Wildman–Crippen MR) is 103 cm³/mol. The van der Waals surface area contributed by atoms with Gasteiger partial charge in [0.05, 0.1) is 28.8 Å². The zero-order valence-corrected chi connectivity index (χ0v) is 17.4. The summed E-state index contributed by atoms with van der Waals surface area (Å²) in [6.45, 7) is 6.88. The van der Waals surface area contributed by atoms with Crippen molar-refractivity contribution < 1.29 is 9.47 Å². The fraction of sp³-hybridized carbons (Fsp3) is 0.684. The van der Waals surface area contributed by atoms with Gasteiger partial charge in [-0.2, -0.15) is 0 Å². The Morgan fingerprint density at radius 1 is 0.957 bits per heavy atom. The first kappa shape index (κ1) is 17.4. The molecule has 2 atom stereocenters. The number of hydrogen-bond acceptors (Lipinski definition) is 2. The summed E-state index contributed by atoms with van der Waals surface area (Å²) in [6, 6.07) is 11.1. The van der Waals surface area contributed by atoms with Gasteiger partial charge < -0.3 is 9.47 Å². The first-order valence-electron chi connectivity index (χ1n) is 9.46. The van der Waals surface area contributed by atoms with Crippen LogP contribution in [0.25, 0.3) is 0 Å². The Morgan fingerprint density at radius 3 is 2.22 bits per heavy atom. The normalized spacial score (nSPS) is 32.7. The third kappa shape index (κ3) is 4.16. The Labute approximate surface area is 145 Å². The van der Waals surface area contributed by atoms with E-state index < -0.39 is 18.3 Å². The summed E-state index contributed by atoms with van der Waals surface area (Å²) >= 11 is 0. The Balaban J connectivity index is 1.83. The maximum Gasteiger partial charge on any atom is 0.0927 e. The number of benzene rings is 1. The van der Waals surface area contributed by atoms with Gasteiger partial charge in [0.25, 0.3) is 0 Å². The van der Waals surface area contributed by atoms with Crippen LogP contribution >= 0.6 is 0 Å². The van der Waals surface area contributed by atoms with E-state index in [1.54, 1.807) is 5.19 Å². The van der Waals surface area contributed by atoms with Crippen molar-refractivity contribution in [2.24, 2.45) is 0 Å². The molecule has 0 spiro atoms. The van der Waals surface area contributed by atoms with E-state index in [0.717, 1.165) is 13.2 Å². The molecule has 1 aromatic rings. The fourth-order valence-corrected chi connectivity index (χ4v) is 9.21. The zero-order valence-electron chi connectivity index (χ0n) is 14.9. The lowest BCUT2D eigenvalue weighted by Gasteiger charge is -2.48. The highest BCUT2D eigenvalue weighted by molar-refractivity contribution is 6.60. The van der Waals surface area contributed by atoms with Crippen molar-refractivity contribution >= 4 is 23.5 Å². The lowest BCUT2D eigenvalue weighted by atomic mass is 9.97. The van der Waals surface area contributed by atoms with Crippen LogP contribution in [0, 0.1) is 0 Å². The van der Waals surface area contributed by atoms with Gasteiger partial charge in [-0.25, -0.2) is 0 Å². The Kier molecular flexibility index (Phi) is 5.78. The molecule has 4 heteroatoms. The van der Waals surface area contributed by atoms with Crippen molar-refractivity contribution in [1.29, 1.82) is 0 Å². The minimum atomic E-state index is -0.890. The lowest BCUT2D eigenvalue weighted by molar-refractivity contribution is -0.0951. The molecule has 0 aromatic heterocycles. The molecule has 2 unspecified atom stereocenters. The van der Waals surface area contributed by atoms with Crippen LogP contribution in [0.2, 0.25) is 13.1 Å². The van der Waals surface area contributed by atoms with Crippen LogP contribution in [0.3, 0.4) is 0 Å². The summed E-state index contributed by atoms with van der Waals surface area (Å²) < 4.78 is 13.0. The summed E-state index contributed by atoms with van der Waals surface area (Å²) in [6.07, 6.45) is 8.84. The first-order valence-corrected chi connectivity index (χ1v) is 13.8. The average Bonchev–Trinajstić information content (AvgIpc) is 2.57. The molecule has 1 aromatic carbocycles. The van der Waals surface area contributed by atoms with Crippen molar-refractivity contribution in [2.45, 2.75) is 68.5 Å². The molecule has 0 bridgehead atoms. The number of rotatable bonds is 5. The van der Waals surface area contributed by atoms with Crippen LogP contribution in [-0.4, -0.2) is 42.0 Å². The Hall–Kier alpha value is -0.426. The van der Waals surface area contributed by atoms with E-state index in [2.05, 4.69) is 43.4 Å². The van der Waals surface area contributed by atoms with E-state index in [1.165, 1.54) is 44.9 Å². The van der Waals surface area contributed by atoms with Gasteiger partial charge in [0.2, 0.25) is 0 Å². The minimum Gasteiger partial charge on any atom is -0.379 e. The van der Waals surface area contributed by atoms with Crippen molar-refractivity contribution in [2.75, 3.05) is 13.2 Å². The number of ether oxygens (including phenoxy) is 2. The van der Waals surface area contributed by atoms with Gasteiger partial charge in [-0.15, -0.1) is 0 Å². The van der Waals surface area contributed by atoms with Crippen LogP contribution in [0.5, 0.6) is 0 Å². The van der Waals surface area contributed by atoms with Crippen LogP contribution in [0.4, 0.5) is 0 Å². The molecular formula is C19H32O2Si2. The molecule has 128 valence electrons. The van der Waals surface area contributed by atoms with Gasteiger partial charge in [0, 0.05) is 13.2 Å². The van der Waals surface area contributed by atoms with Crippen molar-refractivity contribution in [3.8, 4) is 0 Å². The SMILES string of the molecule is C[SiH](C)C1(CC2([SiH2]c3ccccc3)CCCCO2)CCCCO1. The molecule has 2 saturated heterocycles. The smallest absolute Gasteiger partial charge is 0.0927 e. The Bertz CT molecular complexity index is 477. The van der Waals surface area contributed by atoms with Crippen LogP contribution in [0.1, 0.15) is 44.9 Å². The molecule has 23 heavy (non-hydrogen) atoms. The predicted octanol–water partition coefficient (Wildman–Crippen LogP) is 2.73. The molecule has 2 aliphatic heterocycles. The maximum absolute atomic E-state index is 6.55. The molecule has 2 aliphatic rings. The summed E-state index contributed by atoms with van der Waals surface area (Å²) in [4.78, 5) is 0. The molecule has 0 saturated carbocycles. The van der Waals surface area contributed by atoms with Gasteiger partial charge in [0.1, 0.15) is 0 Å². The second kappa shape index (κ2) is 7.64. The molecule has 0 amide bonds. The zero-order chi connectivity index (χ0) is 16.2. The van der Waals surface area contributed by atoms with Gasteiger partial charge in [-0.05, 0) is 44.9 Å². The monoisotopic (exact) mass is 348 g/mol. The highest BCUT2D eigenvalue weighted by Crippen LogP contribution is 2.39. The van der Waals surface area contributed by atoms with Crippen LogP contribution in [-0.2, 0) is 9.47 Å². The molecule has 2 nitrogen and oxygen atoms in total. The molecule has 2 fully saturated rings. The first-order chi connectivity index (χ1) is 11.1. The molecule has 3 rings (SSSR count). The minimum absolute atomic E-state index is 0.133.